The Labute approximate surface area is 188 Å². The van der Waals surface area contributed by atoms with Gasteiger partial charge in [-0.05, 0) is 54.1 Å². The number of nitrogens with zero attached hydrogens (tertiary/aromatic N) is 1. The summed E-state index contributed by atoms with van der Waals surface area (Å²) in [5.74, 6) is -1.76. The average Bonchev–Trinajstić information content (AvgIpc) is 3.07. The molecule has 0 N–H and O–H groups in total. The number of fused-ring (bicyclic) bond motifs is 2. The van der Waals surface area contributed by atoms with Gasteiger partial charge in [0.05, 0.1) is 22.6 Å². The van der Waals surface area contributed by atoms with Gasteiger partial charge >= 0.3 is 6.18 Å². The fraction of sp³-hybridized carbons (Fsp3) is 0.0833. The molecule has 0 fully saturated rings. The topological polar surface area (TPSA) is 50.5 Å². The minimum absolute atomic E-state index is 0.00533. The van der Waals surface area contributed by atoms with Gasteiger partial charge in [0.2, 0.25) is 5.76 Å². The van der Waals surface area contributed by atoms with Crippen molar-refractivity contribution in [1.29, 1.82) is 0 Å². The Hall–Kier alpha value is -3.65. The summed E-state index contributed by atoms with van der Waals surface area (Å²) in [4.78, 5) is 27.8. The van der Waals surface area contributed by atoms with E-state index >= 15 is 0 Å². The van der Waals surface area contributed by atoms with E-state index in [-0.39, 0.29) is 28.0 Å². The summed E-state index contributed by atoms with van der Waals surface area (Å²) in [6.07, 6.45) is -4.64. The standard InChI is InChI=1S/C24H12ClF4NO3/c25-14-6-4-12(5-7-14)20-19-21(31)17-11-15(26)8-9-18(17)33-22(19)23(32)30(20)16-3-1-2-13(10-16)24(27,28)29/h1-11,20H. The lowest BCUT2D eigenvalue weighted by molar-refractivity contribution is -0.137. The Morgan fingerprint density at radius 2 is 1.67 bits per heavy atom. The summed E-state index contributed by atoms with van der Waals surface area (Å²) in [5.41, 5.74) is -1.34. The molecule has 2 heterocycles. The summed E-state index contributed by atoms with van der Waals surface area (Å²) in [5, 5.41) is 0.313. The normalized spacial score (nSPS) is 15.8. The molecule has 5 rings (SSSR count). The number of rotatable bonds is 2. The summed E-state index contributed by atoms with van der Waals surface area (Å²) >= 11 is 5.97. The first kappa shape index (κ1) is 21.2. The smallest absolute Gasteiger partial charge is 0.416 e. The van der Waals surface area contributed by atoms with Crippen LogP contribution in [0, 0.1) is 5.82 Å². The van der Waals surface area contributed by atoms with Crippen LogP contribution in [0.15, 0.2) is 75.9 Å². The third-order valence-electron chi connectivity index (χ3n) is 5.47. The first-order chi connectivity index (χ1) is 15.6. The van der Waals surface area contributed by atoms with Gasteiger partial charge in [-0.1, -0.05) is 29.8 Å². The van der Waals surface area contributed by atoms with Gasteiger partial charge in [0, 0.05) is 10.7 Å². The molecule has 4 aromatic rings. The highest BCUT2D eigenvalue weighted by molar-refractivity contribution is 6.30. The highest BCUT2D eigenvalue weighted by Crippen LogP contribution is 2.42. The highest BCUT2D eigenvalue weighted by atomic mass is 35.5. The van der Waals surface area contributed by atoms with Crippen LogP contribution in [0.3, 0.4) is 0 Å². The van der Waals surface area contributed by atoms with Gasteiger partial charge in [-0.3, -0.25) is 14.5 Å². The molecule has 0 aliphatic carbocycles. The van der Waals surface area contributed by atoms with Crippen LogP contribution >= 0.6 is 11.6 Å². The zero-order valence-electron chi connectivity index (χ0n) is 16.5. The number of carbonyl (C=O) groups is 1. The molecular weight excluding hydrogens is 462 g/mol. The monoisotopic (exact) mass is 473 g/mol. The second-order valence-corrected chi connectivity index (χ2v) is 7.93. The molecule has 1 amide bonds. The van der Waals surface area contributed by atoms with Gasteiger partial charge in [0.25, 0.3) is 5.91 Å². The molecule has 1 aliphatic heterocycles. The van der Waals surface area contributed by atoms with Crippen molar-refractivity contribution < 1.29 is 26.8 Å². The summed E-state index contributed by atoms with van der Waals surface area (Å²) in [6.45, 7) is 0. The van der Waals surface area contributed by atoms with Crippen molar-refractivity contribution in [1.82, 2.24) is 0 Å². The van der Waals surface area contributed by atoms with Crippen LogP contribution in [-0.4, -0.2) is 5.91 Å². The van der Waals surface area contributed by atoms with E-state index in [1.807, 2.05) is 0 Å². The third kappa shape index (κ3) is 3.47. The maximum absolute atomic E-state index is 13.8. The minimum atomic E-state index is -4.64. The SMILES string of the molecule is O=C1c2oc3ccc(F)cc3c(=O)c2C(c2ccc(Cl)cc2)N1c1cccc(C(F)(F)F)c1. The molecule has 1 atom stereocenters. The van der Waals surface area contributed by atoms with Crippen molar-refractivity contribution in [2.75, 3.05) is 4.90 Å². The van der Waals surface area contributed by atoms with E-state index in [4.69, 9.17) is 16.0 Å². The highest BCUT2D eigenvalue weighted by Gasteiger charge is 2.44. The van der Waals surface area contributed by atoms with Crippen LogP contribution in [0.5, 0.6) is 0 Å². The Bertz CT molecular complexity index is 1480. The molecule has 1 aromatic heterocycles. The van der Waals surface area contributed by atoms with Gasteiger partial charge in [0.15, 0.2) is 5.43 Å². The quantitative estimate of drug-likeness (QED) is 0.319. The largest absolute Gasteiger partial charge is 0.450 e. The van der Waals surface area contributed by atoms with E-state index in [1.165, 1.54) is 30.3 Å². The van der Waals surface area contributed by atoms with Crippen molar-refractivity contribution >= 4 is 34.2 Å². The molecule has 1 unspecified atom stereocenters. The molecular formula is C24H12ClF4NO3. The number of hydrogen-bond donors (Lipinski definition) is 0. The van der Waals surface area contributed by atoms with Crippen LogP contribution < -0.4 is 10.3 Å². The lowest BCUT2D eigenvalue weighted by Crippen LogP contribution is -2.29. The third-order valence-corrected chi connectivity index (χ3v) is 5.72. The van der Waals surface area contributed by atoms with E-state index in [2.05, 4.69) is 0 Å². The maximum atomic E-state index is 13.8. The van der Waals surface area contributed by atoms with E-state index in [1.54, 1.807) is 12.1 Å². The van der Waals surface area contributed by atoms with Crippen LogP contribution in [0.4, 0.5) is 23.2 Å². The first-order valence-corrected chi connectivity index (χ1v) is 10.1. The van der Waals surface area contributed by atoms with Crippen LogP contribution in [0.25, 0.3) is 11.0 Å². The minimum Gasteiger partial charge on any atom is -0.450 e. The number of anilines is 1. The predicted molar refractivity (Wildman–Crippen MR) is 114 cm³/mol. The molecule has 33 heavy (non-hydrogen) atoms. The molecule has 166 valence electrons. The Morgan fingerprint density at radius 3 is 2.36 bits per heavy atom. The van der Waals surface area contributed by atoms with Gasteiger partial charge in [-0.15, -0.1) is 0 Å². The summed E-state index contributed by atoms with van der Waals surface area (Å²) < 4.78 is 59.5. The van der Waals surface area contributed by atoms with Crippen LogP contribution in [-0.2, 0) is 6.18 Å². The van der Waals surface area contributed by atoms with Crippen molar-refractivity contribution in [2.45, 2.75) is 12.2 Å². The van der Waals surface area contributed by atoms with Crippen LogP contribution in [0.2, 0.25) is 5.02 Å². The van der Waals surface area contributed by atoms with E-state index in [0.29, 0.717) is 10.6 Å². The Kier molecular flexibility index (Phi) is 4.79. The Morgan fingerprint density at radius 1 is 0.939 bits per heavy atom. The Balaban J connectivity index is 1.79. The zero-order chi connectivity index (χ0) is 23.5. The second kappa shape index (κ2) is 7.45. The van der Waals surface area contributed by atoms with Gasteiger partial charge in [0.1, 0.15) is 11.4 Å². The average molecular weight is 474 g/mol. The molecule has 4 nitrogen and oxygen atoms in total. The van der Waals surface area contributed by atoms with Gasteiger partial charge in [-0.25, -0.2) is 4.39 Å². The second-order valence-electron chi connectivity index (χ2n) is 7.49. The molecule has 0 radical (unpaired) electrons. The number of benzene rings is 3. The number of carbonyl (C=O) groups excluding carboxylic acids is 1. The van der Waals surface area contributed by atoms with E-state index in [9.17, 15) is 27.2 Å². The van der Waals surface area contributed by atoms with Gasteiger partial charge in [-0.2, -0.15) is 13.2 Å². The summed E-state index contributed by atoms with van der Waals surface area (Å²) in [7, 11) is 0. The van der Waals surface area contributed by atoms with Crippen molar-refractivity contribution in [3.8, 4) is 0 Å². The molecule has 1 aliphatic rings. The number of hydrogen-bond acceptors (Lipinski definition) is 3. The fourth-order valence-electron chi connectivity index (χ4n) is 4.00. The van der Waals surface area contributed by atoms with Crippen molar-refractivity contribution in [2.24, 2.45) is 0 Å². The lowest BCUT2D eigenvalue weighted by atomic mass is 9.98. The molecule has 3 aromatic carbocycles. The first-order valence-electron chi connectivity index (χ1n) is 9.67. The molecule has 0 saturated heterocycles. The number of halogens is 5. The number of amides is 1. The van der Waals surface area contributed by atoms with E-state index < -0.39 is 34.9 Å². The van der Waals surface area contributed by atoms with Crippen molar-refractivity contribution in [3.63, 3.8) is 0 Å². The molecule has 0 saturated carbocycles. The van der Waals surface area contributed by atoms with E-state index in [0.717, 1.165) is 29.2 Å². The number of alkyl halides is 3. The van der Waals surface area contributed by atoms with Crippen molar-refractivity contribution in [3.05, 3.63) is 110 Å². The molecule has 9 heteroatoms. The molecule has 0 spiro atoms. The zero-order valence-corrected chi connectivity index (χ0v) is 17.2. The lowest BCUT2D eigenvalue weighted by Gasteiger charge is -2.26. The maximum Gasteiger partial charge on any atom is 0.416 e. The molecule has 0 bridgehead atoms. The fourth-order valence-corrected chi connectivity index (χ4v) is 4.13. The summed E-state index contributed by atoms with van der Waals surface area (Å²) in [6, 6.07) is 12.6. The van der Waals surface area contributed by atoms with Crippen LogP contribution in [0.1, 0.15) is 33.3 Å². The van der Waals surface area contributed by atoms with Gasteiger partial charge < -0.3 is 4.42 Å². The predicted octanol–water partition coefficient (Wildman–Crippen LogP) is 6.35.